The molecule has 0 spiro atoms. The molecule has 6 nitrogen and oxygen atoms in total. The Morgan fingerprint density at radius 3 is 2.38 bits per heavy atom. The van der Waals surface area contributed by atoms with Crippen LogP contribution in [0.5, 0.6) is 5.75 Å². The number of hydrogen-bond donors (Lipinski definition) is 1. The van der Waals surface area contributed by atoms with Crippen LogP contribution in [0.4, 0.5) is 5.95 Å². The summed E-state index contributed by atoms with van der Waals surface area (Å²) in [6.07, 6.45) is 0. The monoisotopic (exact) mass is 317 g/mol. The Hall–Kier alpha value is -3.41. The maximum absolute atomic E-state index is 5.76. The Bertz CT molecular complexity index is 993. The minimum Gasteiger partial charge on any atom is -0.497 e. The fourth-order valence-corrected chi connectivity index (χ4v) is 2.61. The molecule has 0 atom stereocenters. The fraction of sp³-hybridized carbons (Fsp3) is 0.0556. The van der Waals surface area contributed by atoms with Gasteiger partial charge in [0.2, 0.25) is 5.95 Å². The van der Waals surface area contributed by atoms with Crippen molar-refractivity contribution < 1.29 is 4.74 Å². The first-order valence-corrected chi connectivity index (χ1v) is 7.48. The minimum absolute atomic E-state index is 0.201. The lowest BCUT2D eigenvalue weighted by molar-refractivity contribution is 0.415. The zero-order chi connectivity index (χ0) is 16.5. The van der Waals surface area contributed by atoms with Crippen LogP contribution in [-0.2, 0) is 0 Å². The maximum Gasteiger partial charge on any atom is 0.255 e. The summed E-state index contributed by atoms with van der Waals surface area (Å²) in [5.74, 6) is 1.47. The highest BCUT2D eigenvalue weighted by atomic mass is 16.5. The van der Waals surface area contributed by atoms with Crippen LogP contribution in [0.2, 0.25) is 0 Å². The van der Waals surface area contributed by atoms with Crippen molar-refractivity contribution >= 4 is 11.7 Å². The molecule has 2 heterocycles. The predicted octanol–water partition coefficient (Wildman–Crippen LogP) is 3.05. The standard InChI is InChI=1S/C18H15N5O/c1-24-14-9-7-12(8-10-14)15-11-16(13-5-3-2-4-6-13)23-18(20-15)21-17(19)22-23/h2-11H,1H3,(H2,19,22). The van der Waals surface area contributed by atoms with Gasteiger partial charge in [-0.3, -0.25) is 0 Å². The molecule has 0 amide bonds. The molecular formula is C18H15N5O. The van der Waals surface area contributed by atoms with Crippen molar-refractivity contribution in [2.24, 2.45) is 0 Å². The molecule has 4 aromatic rings. The lowest BCUT2D eigenvalue weighted by Gasteiger charge is -2.08. The lowest BCUT2D eigenvalue weighted by Crippen LogP contribution is -1.99. The number of rotatable bonds is 3. The molecule has 0 aliphatic rings. The smallest absolute Gasteiger partial charge is 0.255 e. The van der Waals surface area contributed by atoms with Gasteiger partial charge in [-0.15, -0.1) is 5.10 Å². The summed E-state index contributed by atoms with van der Waals surface area (Å²) in [5, 5.41) is 4.25. The number of benzene rings is 2. The Morgan fingerprint density at radius 2 is 1.67 bits per heavy atom. The molecule has 0 unspecified atom stereocenters. The number of nitrogens with two attached hydrogens (primary N) is 1. The first-order valence-electron chi connectivity index (χ1n) is 7.48. The largest absolute Gasteiger partial charge is 0.497 e. The highest BCUT2D eigenvalue weighted by molar-refractivity contribution is 5.71. The van der Waals surface area contributed by atoms with E-state index in [1.165, 1.54) is 0 Å². The molecule has 4 rings (SSSR count). The second-order valence-corrected chi connectivity index (χ2v) is 5.30. The second kappa shape index (κ2) is 5.66. The van der Waals surface area contributed by atoms with Crippen LogP contribution in [-0.4, -0.2) is 26.7 Å². The van der Waals surface area contributed by atoms with Gasteiger partial charge in [-0.25, -0.2) is 4.98 Å². The molecule has 0 radical (unpaired) electrons. The molecule has 2 N–H and O–H groups in total. The van der Waals surface area contributed by atoms with Gasteiger partial charge in [0, 0.05) is 11.1 Å². The zero-order valence-corrected chi connectivity index (χ0v) is 13.0. The molecule has 0 fully saturated rings. The van der Waals surface area contributed by atoms with Crippen LogP contribution in [0.15, 0.2) is 60.7 Å². The van der Waals surface area contributed by atoms with E-state index in [0.717, 1.165) is 28.3 Å². The number of fused-ring (bicyclic) bond motifs is 1. The Labute approximate surface area is 138 Å². The van der Waals surface area contributed by atoms with Crippen molar-refractivity contribution in [3.8, 4) is 28.3 Å². The van der Waals surface area contributed by atoms with Crippen LogP contribution in [0.3, 0.4) is 0 Å². The fourth-order valence-electron chi connectivity index (χ4n) is 2.61. The van der Waals surface area contributed by atoms with Crippen LogP contribution in [0, 0.1) is 0 Å². The van der Waals surface area contributed by atoms with E-state index in [2.05, 4.69) is 15.1 Å². The van der Waals surface area contributed by atoms with E-state index < -0.39 is 0 Å². The van der Waals surface area contributed by atoms with Gasteiger partial charge in [0.05, 0.1) is 18.5 Å². The number of nitrogens with zero attached hydrogens (tertiary/aromatic N) is 4. The van der Waals surface area contributed by atoms with Crippen molar-refractivity contribution in [1.29, 1.82) is 0 Å². The van der Waals surface area contributed by atoms with E-state index in [4.69, 9.17) is 10.5 Å². The highest BCUT2D eigenvalue weighted by Crippen LogP contribution is 2.27. The van der Waals surface area contributed by atoms with Gasteiger partial charge in [-0.1, -0.05) is 30.3 Å². The third-order valence-electron chi connectivity index (χ3n) is 3.78. The topological polar surface area (TPSA) is 78.3 Å². The van der Waals surface area contributed by atoms with Gasteiger partial charge in [0.25, 0.3) is 5.78 Å². The van der Waals surface area contributed by atoms with Gasteiger partial charge in [0.15, 0.2) is 0 Å². The summed E-state index contributed by atoms with van der Waals surface area (Å²) in [7, 11) is 1.64. The highest BCUT2D eigenvalue weighted by Gasteiger charge is 2.12. The quantitative estimate of drug-likeness (QED) is 0.628. The zero-order valence-electron chi connectivity index (χ0n) is 13.0. The number of aromatic nitrogens is 4. The first-order chi connectivity index (χ1) is 11.7. The van der Waals surface area contributed by atoms with Crippen molar-refractivity contribution in [3.05, 3.63) is 60.7 Å². The third kappa shape index (κ3) is 2.44. The SMILES string of the molecule is COc1ccc(-c2cc(-c3ccccc3)n3nc(N)nc3n2)cc1. The van der Waals surface area contributed by atoms with Gasteiger partial charge in [-0.2, -0.15) is 9.50 Å². The molecule has 0 aliphatic heterocycles. The lowest BCUT2D eigenvalue weighted by atomic mass is 10.1. The number of hydrogen-bond acceptors (Lipinski definition) is 5. The molecule has 2 aromatic heterocycles. The molecule has 0 aliphatic carbocycles. The van der Waals surface area contributed by atoms with Crippen LogP contribution in [0.25, 0.3) is 28.3 Å². The van der Waals surface area contributed by atoms with Gasteiger partial charge >= 0.3 is 0 Å². The van der Waals surface area contributed by atoms with Crippen LogP contribution >= 0.6 is 0 Å². The van der Waals surface area contributed by atoms with Gasteiger partial charge in [0.1, 0.15) is 5.75 Å². The van der Waals surface area contributed by atoms with E-state index in [1.54, 1.807) is 11.6 Å². The minimum atomic E-state index is 0.201. The molecule has 0 saturated carbocycles. The molecule has 0 saturated heterocycles. The Kier molecular flexibility index (Phi) is 3.35. The van der Waals surface area contributed by atoms with Crippen LogP contribution < -0.4 is 10.5 Å². The average molecular weight is 317 g/mol. The predicted molar refractivity (Wildman–Crippen MR) is 92.6 cm³/mol. The number of ether oxygens (including phenoxy) is 1. The van der Waals surface area contributed by atoms with Crippen molar-refractivity contribution in [2.45, 2.75) is 0 Å². The molecule has 6 heteroatoms. The second-order valence-electron chi connectivity index (χ2n) is 5.30. The molecule has 118 valence electrons. The summed E-state index contributed by atoms with van der Waals surface area (Å²) >= 11 is 0. The summed E-state index contributed by atoms with van der Waals surface area (Å²) in [6, 6.07) is 19.7. The Morgan fingerprint density at radius 1 is 0.917 bits per heavy atom. The van der Waals surface area contributed by atoms with Crippen molar-refractivity contribution in [1.82, 2.24) is 19.6 Å². The summed E-state index contributed by atoms with van der Waals surface area (Å²) in [6.45, 7) is 0. The van der Waals surface area contributed by atoms with E-state index in [9.17, 15) is 0 Å². The third-order valence-corrected chi connectivity index (χ3v) is 3.78. The molecule has 2 aromatic carbocycles. The number of methoxy groups -OCH3 is 1. The molecule has 24 heavy (non-hydrogen) atoms. The number of nitrogen functional groups attached to an aromatic ring is 1. The average Bonchev–Trinajstić information content (AvgIpc) is 3.02. The van der Waals surface area contributed by atoms with Crippen molar-refractivity contribution in [2.75, 3.05) is 12.8 Å². The van der Waals surface area contributed by atoms with Gasteiger partial charge in [-0.05, 0) is 30.3 Å². The maximum atomic E-state index is 5.76. The summed E-state index contributed by atoms with van der Waals surface area (Å²) in [4.78, 5) is 8.79. The molecular weight excluding hydrogens is 302 g/mol. The van der Waals surface area contributed by atoms with E-state index in [1.807, 2.05) is 60.7 Å². The van der Waals surface area contributed by atoms with Crippen molar-refractivity contribution in [3.63, 3.8) is 0 Å². The summed E-state index contributed by atoms with van der Waals surface area (Å²) < 4.78 is 6.87. The van der Waals surface area contributed by atoms with E-state index in [-0.39, 0.29) is 5.95 Å². The summed E-state index contributed by atoms with van der Waals surface area (Å²) in [5.41, 5.74) is 9.44. The normalized spacial score (nSPS) is 10.9. The van der Waals surface area contributed by atoms with E-state index >= 15 is 0 Å². The van der Waals surface area contributed by atoms with Gasteiger partial charge < -0.3 is 10.5 Å². The van der Waals surface area contributed by atoms with E-state index in [0.29, 0.717) is 5.78 Å². The van der Waals surface area contributed by atoms with Crippen LogP contribution in [0.1, 0.15) is 0 Å². The molecule has 0 bridgehead atoms. The first kappa shape index (κ1) is 14.2. The Balaban J connectivity index is 1.93. The number of anilines is 1.